The van der Waals surface area contributed by atoms with Crippen LogP contribution in [0.25, 0.3) is 11.5 Å². The second-order valence-corrected chi connectivity index (χ2v) is 7.26. The Morgan fingerprint density at radius 1 is 1.33 bits per heavy atom. The van der Waals surface area contributed by atoms with Crippen molar-refractivity contribution >= 4 is 17.2 Å². The fourth-order valence-corrected chi connectivity index (χ4v) is 3.99. The summed E-state index contributed by atoms with van der Waals surface area (Å²) in [5, 5.41) is 12.4. The first-order valence-corrected chi connectivity index (χ1v) is 10.1. The Hall–Kier alpha value is -2.67. The number of carbonyl (C=O) groups is 1. The Morgan fingerprint density at radius 2 is 2.22 bits per heavy atom. The topological polar surface area (TPSA) is 68.5 Å². The molecule has 1 aliphatic heterocycles. The minimum atomic E-state index is -0.0127. The predicted molar refractivity (Wildman–Crippen MR) is 103 cm³/mol. The molecule has 0 aliphatic carbocycles. The van der Waals surface area contributed by atoms with Gasteiger partial charge in [0.05, 0.1) is 18.1 Å². The number of amides is 1. The highest BCUT2D eigenvalue weighted by Gasteiger charge is 2.30. The molecule has 3 heterocycles. The molecule has 1 atom stereocenters. The molecule has 1 saturated heterocycles. The lowest BCUT2D eigenvalue weighted by atomic mass is 9.97. The summed E-state index contributed by atoms with van der Waals surface area (Å²) in [7, 11) is 0. The van der Waals surface area contributed by atoms with Crippen LogP contribution in [0.4, 0.5) is 0 Å². The van der Waals surface area contributed by atoms with Crippen molar-refractivity contribution in [3.8, 4) is 17.2 Å². The summed E-state index contributed by atoms with van der Waals surface area (Å²) in [4.78, 5) is 14.9. The molecule has 0 saturated carbocycles. The second-order valence-electron chi connectivity index (χ2n) is 6.48. The van der Waals surface area contributed by atoms with Crippen LogP contribution in [0.15, 0.2) is 45.5 Å². The van der Waals surface area contributed by atoms with Gasteiger partial charge in [-0.2, -0.15) is 11.3 Å². The number of rotatable bonds is 5. The number of aromatic nitrogens is 2. The second kappa shape index (κ2) is 7.92. The number of hydrogen-bond acceptors (Lipinski definition) is 6. The van der Waals surface area contributed by atoms with Crippen molar-refractivity contribution in [1.82, 2.24) is 15.1 Å². The largest absolute Gasteiger partial charge is 0.493 e. The Bertz CT molecular complexity index is 907. The molecule has 1 amide bonds. The molecule has 140 valence electrons. The molecule has 1 unspecified atom stereocenters. The summed E-state index contributed by atoms with van der Waals surface area (Å²) in [5.41, 5.74) is 1.54. The van der Waals surface area contributed by atoms with Crippen LogP contribution in [0.5, 0.6) is 5.75 Å². The molecule has 6 nitrogen and oxygen atoms in total. The van der Waals surface area contributed by atoms with Gasteiger partial charge in [0.2, 0.25) is 11.8 Å². The Balaban J connectivity index is 1.51. The monoisotopic (exact) mass is 383 g/mol. The highest BCUT2D eigenvalue weighted by Crippen LogP contribution is 2.30. The summed E-state index contributed by atoms with van der Waals surface area (Å²) in [6.45, 7) is 3.74. The van der Waals surface area contributed by atoms with Crippen LogP contribution >= 0.6 is 11.3 Å². The molecule has 3 aromatic rings. The van der Waals surface area contributed by atoms with E-state index in [2.05, 4.69) is 10.2 Å². The van der Waals surface area contributed by atoms with Gasteiger partial charge >= 0.3 is 0 Å². The van der Waals surface area contributed by atoms with Crippen molar-refractivity contribution in [3.05, 3.63) is 52.5 Å². The van der Waals surface area contributed by atoms with E-state index in [4.69, 9.17) is 9.15 Å². The fourth-order valence-electron chi connectivity index (χ4n) is 3.36. The van der Waals surface area contributed by atoms with Gasteiger partial charge in [0, 0.05) is 24.0 Å². The molecule has 2 aromatic heterocycles. The highest BCUT2D eigenvalue weighted by molar-refractivity contribution is 7.08. The molecule has 0 radical (unpaired) electrons. The van der Waals surface area contributed by atoms with E-state index in [1.165, 1.54) is 0 Å². The average molecular weight is 383 g/mol. The fraction of sp³-hybridized carbons (Fsp3) is 0.350. The number of thiophene rings is 1. The number of para-hydroxylation sites is 1. The van der Waals surface area contributed by atoms with E-state index in [1.54, 1.807) is 11.3 Å². The van der Waals surface area contributed by atoms with Crippen LogP contribution in [0.1, 0.15) is 41.9 Å². The normalized spacial score (nSPS) is 17.1. The van der Waals surface area contributed by atoms with Gasteiger partial charge in [0.15, 0.2) is 0 Å². The number of benzene rings is 1. The molecule has 1 fully saturated rings. The molecule has 1 aromatic carbocycles. The maximum atomic E-state index is 13.0. The number of hydrogen-bond donors (Lipinski definition) is 0. The van der Waals surface area contributed by atoms with Crippen molar-refractivity contribution < 1.29 is 13.9 Å². The molecule has 0 bridgehead atoms. The maximum absolute atomic E-state index is 13.0. The van der Waals surface area contributed by atoms with Crippen molar-refractivity contribution in [2.24, 2.45) is 0 Å². The minimum Gasteiger partial charge on any atom is -0.493 e. The standard InChI is InChI=1S/C20H21N3O3S/c1-2-25-17-8-4-3-7-16(17)20(24)23-10-5-6-14(12-23)18-21-22-19(26-18)15-9-11-27-13-15/h3-4,7-9,11,13-14H,2,5-6,10,12H2,1H3. The number of piperidine rings is 1. The highest BCUT2D eigenvalue weighted by atomic mass is 32.1. The van der Waals surface area contributed by atoms with E-state index >= 15 is 0 Å². The first-order chi connectivity index (χ1) is 13.3. The zero-order valence-corrected chi connectivity index (χ0v) is 15.9. The first-order valence-electron chi connectivity index (χ1n) is 9.13. The zero-order chi connectivity index (χ0) is 18.6. The molecule has 4 rings (SSSR count). The molecule has 7 heteroatoms. The van der Waals surface area contributed by atoms with E-state index in [-0.39, 0.29) is 11.8 Å². The van der Waals surface area contributed by atoms with Crippen LogP contribution in [0.2, 0.25) is 0 Å². The van der Waals surface area contributed by atoms with Gasteiger partial charge in [-0.1, -0.05) is 12.1 Å². The summed E-state index contributed by atoms with van der Waals surface area (Å²) in [6, 6.07) is 9.36. The van der Waals surface area contributed by atoms with Gasteiger partial charge in [0.1, 0.15) is 5.75 Å². The molecule has 1 aliphatic rings. The minimum absolute atomic E-state index is 0.0127. The maximum Gasteiger partial charge on any atom is 0.257 e. The Labute approximate surface area is 161 Å². The van der Waals surface area contributed by atoms with Gasteiger partial charge < -0.3 is 14.1 Å². The number of nitrogens with zero attached hydrogens (tertiary/aromatic N) is 3. The van der Waals surface area contributed by atoms with E-state index < -0.39 is 0 Å². The van der Waals surface area contributed by atoms with Crippen LogP contribution in [0, 0.1) is 0 Å². The summed E-state index contributed by atoms with van der Waals surface area (Å²) in [6.07, 6.45) is 1.84. The number of carbonyl (C=O) groups excluding carboxylic acids is 1. The lowest BCUT2D eigenvalue weighted by Gasteiger charge is -2.31. The third-order valence-electron chi connectivity index (χ3n) is 4.68. The van der Waals surface area contributed by atoms with Gasteiger partial charge in [-0.3, -0.25) is 4.79 Å². The van der Waals surface area contributed by atoms with Gasteiger partial charge in [0.25, 0.3) is 5.91 Å². The summed E-state index contributed by atoms with van der Waals surface area (Å²) >= 11 is 1.59. The molecular formula is C20H21N3O3S. The van der Waals surface area contributed by atoms with E-state index in [0.717, 1.165) is 24.9 Å². The Morgan fingerprint density at radius 3 is 3.04 bits per heavy atom. The van der Waals surface area contributed by atoms with Crippen molar-refractivity contribution in [1.29, 1.82) is 0 Å². The van der Waals surface area contributed by atoms with Gasteiger partial charge in [-0.15, -0.1) is 10.2 Å². The smallest absolute Gasteiger partial charge is 0.257 e. The molecule has 0 spiro atoms. The van der Waals surface area contributed by atoms with Crippen LogP contribution in [0.3, 0.4) is 0 Å². The van der Waals surface area contributed by atoms with Crippen molar-refractivity contribution in [2.45, 2.75) is 25.7 Å². The van der Waals surface area contributed by atoms with Gasteiger partial charge in [-0.25, -0.2) is 0 Å². The van der Waals surface area contributed by atoms with Crippen LogP contribution in [-0.4, -0.2) is 40.7 Å². The van der Waals surface area contributed by atoms with E-state index in [0.29, 0.717) is 36.2 Å². The molecular weight excluding hydrogens is 362 g/mol. The third-order valence-corrected chi connectivity index (χ3v) is 5.37. The average Bonchev–Trinajstić information content (AvgIpc) is 3.40. The van der Waals surface area contributed by atoms with Gasteiger partial charge in [-0.05, 0) is 43.3 Å². The van der Waals surface area contributed by atoms with Crippen LogP contribution < -0.4 is 4.74 Å². The SMILES string of the molecule is CCOc1ccccc1C(=O)N1CCCC(c2nnc(-c3ccsc3)o2)C1. The zero-order valence-electron chi connectivity index (χ0n) is 15.1. The summed E-state index contributed by atoms with van der Waals surface area (Å²) < 4.78 is 11.5. The predicted octanol–water partition coefficient (Wildman–Crippen LogP) is 4.22. The number of ether oxygens (including phenoxy) is 1. The third kappa shape index (κ3) is 3.73. The lowest BCUT2D eigenvalue weighted by molar-refractivity contribution is 0.0694. The van der Waals surface area contributed by atoms with E-state index in [9.17, 15) is 4.79 Å². The van der Waals surface area contributed by atoms with E-state index in [1.807, 2.05) is 52.9 Å². The Kier molecular flexibility index (Phi) is 5.20. The molecule has 27 heavy (non-hydrogen) atoms. The number of likely N-dealkylation sites (tertiary alicyclic amines) is 1. The van der Waals surface area contributed by atoms with Crippen molar-refractivity contribution in [2.75, 3.05) is 19.7 Å². The van der Waals surface area contributed by atoms with Crippen molar-refractivity contribution in [3.63, 3.8) is 0 Å². The molecule has 0 N–H and O–H groups in total. The first kappa shape index (κ1) is 17.7. The summed E-state index contributed by atoms with van der Waals surface area (Å²) in [5.74, 6) is 1.82. The quantitative estimate of drug-likeness (QED) is 0.660. The lowest BCUT2D eigenvalue weighted by Crippen LogP contribution is -2.39. The van der Waals surface area contributed by atoms with Crippen LogP contribution in [-0.2, 0) is 0 Å².